The van der Waals surface area contributed by atoms with Gasteiger partial charge in [-0.05, 0) is 5.56 Å². The van der Waals surface area contributed by atoms with E-state index in [1.54, 1.807) is 0 Å². The van der Waals surface area contributed by atoms with Crippen LogP contribution >= 0.6 is 0 Å². The zero-order chi connectivity index (χ0) is 17.4. The number of anilines is 1. The summed E-state index contributed by atoms with van der Waals surface area (Å²) < 4.78 is 2.27. The van der Waals surface area contributed by atoms with Gasteiger partial charge < -0.3 is 4.98 Å². The van der Waals surface area contributed by atoms with Gasteiger partial charge in [0.25, 0.3) is 5.56 Å². The Hall–Kier alpha value is -3.16. The van der Waals surface area contributed by atoms with Crippen LogP contribution in [-0.4, -0.2) is 25.0 Å². The lowest BCUT2D eigenvalue weighted by Gasteiger charge is -2.17. The first-order valence-corrected chi connectivity index (χ1v) is 7.38. The molecule has 124 valence electrons. The van der Waals surface area contributed by atoms with Gasteiger partial charge in [-0.15, -0.1) is 0 Å². The van der Waals surface area contributed by atoms with Gasteiger partial charge in [-0.1, -0.05) is 30.3 Å². The van der Waals surface area contributed by atoms with Gasteiger partial charge in [0.15, 0.2) is 11.2 Å². The van der Waals surface area contributed by atoms with Crippen molar-refractivity contribution in [1.82, 2.24) is 19.1 Å². The highest BCUT2D eigenvalue weighted by atomic mass is 16.2. The number of hydrogen-bond acceptors (Lipinski definition) is 4. The van der Waals surface area contributed by atoms with Crippen molar-refractivity contribution in [3.05, 3.63) is 56.7 Å². The van der Waals surface area contributed by atoms with Gasteiger partial charge >= 0.3 is 5.69 Å². The Morgan fingerprint density at radius 3 is 2.46 bits per heavy atom. The number of carbonyl (C=O) groups is 1. The molecule has 1 amide bonds. The van der Waals surface area contributed by atoms with Crippen LogP contribution in [0.5, 0.6) is 0 Å². The molecule has 0 saturated carbocycles. The van der Waals surface area contributed by atoms with E-state index in [1.165, 1.54) is 30.5 Å². The van der Waals surface area contributed by atoms with Crippen LogP contribution in [0.15, 0.2) is 39.9 Å². The van der Waals surface area contributed by atoms with E-state index in [0.29, 0.717) is 6.54 Å². The van der Waals surface area contributed by atoms with Gasteiger partial charge in [0.2, 0.25) is 11.9 Å². The lowest BCUT2D eigenvalue weighted by atomic mass is 10.2. The topological polar surface area (TPSA) is 93.0 Å². The number of nitrogens with zero attached hydrogens (tertiary/aromatic N) is 4. The number of aromatic nitrogens is 4. The molecule has 0 atom stereocenters. The Balaban J connectivity index is 2.14. The molecule has 1 aromatic carbocycles. The minimum Gasteiger partial charge on any atom is -0.318 e. The van der Waals surface area contributed by atoms with Gasteiger partial charge in [0.1, 0.15) is 0 Å². The third-order valence-electron chi connectivity index (χ3n) is 3.90. The van der Waals surface area contributed by atoms with E-state index in [0.717, 1.165) is 10.1 Å². The number of aryl methyl sites for hydroxylation is 1. The number of rotatable bonds is 3. The van der Waals surface area contributed by atoms with Gasteiger partial charge in [-0.25, -0.2) is 4.79 Å². The maximum Gasteiger partial charge on any atom is 0.332 e. The summed E-state index contributed by atoms with van der Waals surface area (Å²) in [6, 6.07) is 9.44. The van der Waals surface area contributed by atoms with E-state index in [9.17, 15) is 14.4 Å². The standard InChI is InChI=1S/C16H17N5O3/c1-10(22)21(9-11-7-5-4-6-8-11)15-17-12-13(18-15)19(2)16(24)20(3)14(12)23/h4-8H,9H2,1-3H3,(H,17,18). The molecule has 8 heteroatoms. The molecule has 0 aliphatic rings. The molecule has 2 aromatic heterocycles. The number of imidazole rings is 1. The SMILES string of the molecule is CC(=O)N(Cc1ccccc1)c1nc2c([nH]1)c(=O)n(C)c(=O)n2C. The van der Waals surface area contributed by atoms with Crippen molar-refractivity contribution < 1.29 is 4.79 Å². The second kappa shape index (κ2) is 5.80. The summed E-state index contributed by atoms with van der Waals surface area (Å²) in [5, 5.41) is 0. The van der Waals surface area contributed by atoms with Crippen molar-refractivity contribution in [2.75, 3.05) is 4.90 Å². The Morgan fingerprint density at radius 2 is 1.83 bits per heavy atom. The summed E-state index contributed by atoms with van der Waals surface area (Å²) in [5.74, 6) is 0.0133. The Kier molecular flexibility index (Phi) is 3.80. The zero-order valence-electron chi connectivity index (χ0n) is 13.6. The van der Waals surface area contributed by atoms with E-state index < -0.39 is 11.2 Å². The second-order valence-electron chi connectivity index (χ2n) is 5.56. The molecule has 8 nitrogen and oxygen atoms in total. The van der Waals surface area contributed by atoms with Gasteiger partial charge in [0.05, 0.1) is 6.54 Å². The number of carbonyl (C=O) groups excluding carboxylic acids is 1. The molecule has 0 fully saturated rings. The van der Waals surface area contributed by atoms with Gasteiger partial charge in [-0.3, -0.25) is 23.6 Å². The average Bonchev–Trinajstić information content (AvgIpc) is 3.01. The Labute approximate surface area is 137 Å². The molecule has 0 spiro atoms. The molecule has 0 aliphatic carbocycles. The van der Waals surface area contributed by atoms with Crippen LogP contribution < -0.4 is 16.1 Å². The first kappa shape index (κ1) is 15.7. The van der Waals surface area contributed by atoms with E-state index >= 15 is 0 Å². The highest BCUT2D eigenvalue weighted by Crippen LogP contribution is 2.16. The van der Waals surface area contributed by atoms with Gasteiger partial charge in [-0.2, -0.15) is 4.98 Å². The van der Waals surface area contributed by atoms with Crippen LogP contribution in [0.1, 0.15) is 12.5 Å². The molecule has 3 aromatic rings. The third-order valence-corrected chi connectivity index (χ3v) is 3.90. The monoisotopic (exact) mass is 327 g/mol. The van der Waals surface area contributed by atoms with E-state index in [2.05, 4.69) is 9.97 Å². The maximum absolute atomic E-state index is 12.2. The van der Waals surface area contributed by atoms with Gasteiger partial charge in [0, 0.05) is 21.0 Å². The number of fused-ring (bicyclic) bond motifs is 1. The van der Waals surface area contributed by atoms with Crippen molar-refractivity contribution in [2.24, 2.45) is 14.1 Å². The molecule has 1 N–H and O–H groups in total. The lowest BCUT2D eigenvalue weighted by Crippen LogP contribution is -2.36. The molecule has 0 unspecified atom stereocenters. The minimum atomic E-state index is -0.477. The smallest absolute Gasteiger partial charge is 0.318 e. The number of benzene rings is 1. The fourth-order valence-electron chi connectivity index (χ4n) is 2.54. The van der Waals surface area contributed by atoms with Crippen LogP contribution in [0.4, 0.5) is 5.95 Å². The number of H-pyrrole nitrogens is 1. The minimum absolute atomic E-state index is 0.189. The molecule has 24 heavy (non-hydrogen) atoms. The van der Waals surface area contributed by atoms with Crippen LogP contribution in [0.3, 0.4) is 0 Å². The summed E-state index contributed by atoms with van der Waals surface area (Å²) in [5.41, 5.74) is 0.388. The molecule has 0 saturated heterocycles. The normalized spacial score (nSPS) is 11.0. The third kappa shape index (κ3) is 2.51. The van der Waals surface area contributed by atoms with Crippen LogP contribution in [0.2, 0.25) is 0 Å². The van der Waals surface area contributed by atoms with Crippen LogP contribution in [0, 0.1) is 0 Å². The van der Waals surface area contributed by atoms with Crippen LogP contribution in [-0.2, 0) is 25.4 Å². The van der Waals surface area contributed by atoms with Crippen molar-refractivity contribution >= 4 is 23.0 Å². The van der Waals surface area contributed by atoms with Crippen molar-refractivity contribution in [1.29, 1.82) is 0 Å². The summed E-state index contributed by atoms with van der Waals surface area (Å²) in [6.07, 6.45) is 0. The summed E-state index contributed by atoms with van der Waals surface area (Å²) in [7, 11) is 2.93. The highest BCUT2D eigenvalue weighted by molar-refractivity contribution is 5.91. The molecule has 0 bridgehead atoms. The summed E-state index contributed by atoms with van der Waals surface area (Å²) >= 11 is 0. The lowest BCUT2D eigenvalue weighted by molar-refractivity contribution is -0.116. The predicted octanol–water partition coefficient (Wildman–Crippen LogP) is 0.513. The molecule has 0 aliphatic heterocycles. The van der Waals surface area contributed by atoms with Crippen molar-refractivity contribution in [3.63, 3.8) is 0 Å². The predicted molar refractivity (Wildman–Crippen MR) is 89.9 cm³/mol. The number of nitrogens with one attached hydrogen (secondary N) is 1. The Morgan fingerprint density at radius 1 is 1.17 bits per heavy atom. The maximum atomic E-state index is 12.2. The van der Waals surface area contributed by atoms with E-state index in [1.807, 2.05) is 30.3 Å². The number of hydrogen-bond donors (Lipinski definition) is 1. The molecule has 3 rings (SSSR count). The Bertz CT molecular complexity index is 1030. The second-order valence-corrected chi connectivity index (χ2v) is 5.56. The van der Waals surface area contributed by atoms with Crippen molar-refractivity contribution in [2.45, 2.75) is 13.5 Å². The first-order chi connectivity index (χ1) is 11.4. The molecular weight excluding hydrogens is 310 g/mol. The average molecular weight is 327 g/mol. The highest BCUT2D eigenvalue weighted by Gasteiger charge is 2.20. The van der Waals surface area contributed by atoms with E-state index in [4.69, 9.17) is 0 Å². The van der Waals surface area contributed by atoms with Crippen LogP contribution in [0.25, 0.3) is 11.2 Å². The molecule has 2 heterocycles. The van der Waals surface area contributed by atoms with Crippen molar-refractivity contribution in [3.8, 4) is 0 Å². The number of amides is 1. The fourth-order valence-corrected chi connectivity index (χ4v) is 2.54. The summed E-state index contributed by atoms with van der Waals surface area (Å²) in [6.45, 7) is 1.73. The first-order valence-electron chi connectivity index (χ1n) is 7.38. The molecule has 0 radical (unpaired) electrons. The summed E-state index contributed by atoms with van der Waals surface area (Å²) in [4.78, 5) is 44.9. The zero-order valence-corrected chi connectivity index (χ0v) is 13.6. The number of aromatic amines is 1. The largest absolute Gasteiger partial charge is 0.332 e. The quantitative estimate of drug-likeness (QED) is 0.759. The fraction of sp³-hybridized carbons (Fsp3) is 0.250. The molecular formula is C16H17N5O3. The van der Waals surface area contributed by atoms with E-state index in [-0.39, 0.29) is 23.0 Å².